The zero-order valence-electron chi connectivity index (χ0n) is 11.4. The van der Waals surface area contributed by atoms with Crippen LogP contribution in [0.4, 0.5) is 0 Å². The molecule has 1 aliphatic heterocycles. The SMILES string of the molecule is CCC1(C)OC(C)(C)CCCCC1(C)C. The summed E-state index contributed by atoms with van der Waals surface area (Å²) in [6.07, 6.45) is 6.22. The Labute approximate surface area is 95.6 Å². The van der Waals surface area contributed by atoms with Gasteiger partial charge in [-0.15, -0.1) is 0 Å². The third-order valence-electron chi connectivity index (χ3n) is 4.44. The molecule has 0 aromatic carbocycles. The van der Waals surface area contributed by atoms with Gasteiger partial charge in [0.25, 0.3) is 0 Å². The van der Waals surface area contributed by atoms with E-state index in [-0.39, 0.29) is 11.2 Å². The van der Waals surface area contributed by atoms with Crippen LogP contribution in [0.5, 0.6) is 0 Å². The standard InChI is InChI=1S/C14H28O/c1-7-14(6)12(2,3)10-8-9-11-13(4,5)15-14/h7-11H2,1-6H3. The van der Waals surface area contributed by atoms with Gasteiger partial charge in [0, 0.05) is 0 Å². The first-order valence-electron chi connectivity index (χ1n) is 6.43. The minimum Gasteiger partial charge on any atom is -0.369 e. The van der Waals surface area contributed by atoms with Gasteiger partial charge < -0.3 is 4.74 Å². The molecule has 1 heteroatoms. The zero-order chi connectivity index (χ0) is 11.7. The Morgan fingerprint density at radius 1 is 0.933 bits per heavy atom. The van der Waals surface area contributed by atoms with E-state index in [0.717, 1.165) is 6.42 Å². The maximum Gasteiger partial charge on any atom is 0.0709 e. The average molecular weight is 212 g/mol. The van der Waals surface area contributed by atoms with Crippen molar-refractivity contribution < 1.29 is 4.74 Å². The molecule has 0 bridgehead atoms. The van der Waals surface area contributed by atoms with Crippen molar-refractivity contribution in [2.24, 2.45) is 5.41 Å². The summed E-state index contributed by atoms with van der Waals surface area (Å²) in [7, 11) is 0. The molecule has 0 radical (unpaired) electrons. The molecule has 90 valence electrons. The van der Waals surface area contributed by atoms with Crippen molar-refractivity contribution in [1.29, 1.82) is 0 Å². The number of rotatable bonds is 1. The molecule has 1 atom stereocenters. The largest absolute Gasteiger partial charge is 0.369 e. The predicted molar refractivity (Wildman–Crippen MR) is 66.1 cm³/mol. The Balaban J connectivity index is 2.93. The Morgan fingerprint density at radius 3 is 2.00 bits per heavy atom. The number of hydrogen-bond acceptors (Lipinski definition) is 1. The summed E-state index contributed by atoms with van der Waals surface area (Å²) in [6, 6.07) is 0. The van der Waals surface area contributed by atoms with Gasteiger partial charge in [0.05, 0.1) is 11.2 Å². The smallest absolute Gasteiger partial charge is 0.0709 e. The Kier molecular flexibility index (Phi) is 3.55. The minimum atomic E-state index is 0.0247. The van der Waals surface area contributed by atoms with Crippen LogP contribution in [0.1, 0.15) is 73.6 Å². The molecule has 1 fully saturated rings. The third kappa shape index (κ3) is 2.75. The lowest BCUT2D eigenvalue weighted by Crippen LogP contribution is -2.50. The topological polar surface area (TPSA) is 9.23 Å². The summed E-state index contributed by atoms with van der Waals surface area (Å²) in [5.41, 5.74) is 0.360. The monoisotopic (exact) mass is 212 g/mol. The fraction of sp³-hybridized carbons (Fsp3) is 1.00. The van der Waals surface area contributed by atoms with Crippen LogP contribution in [0.15, 0.2) is 0 Å². The number of ether oxygens (including phenoxy) is 1. The van der Waals surface area contributed by atoms with Gasteiger partial charge in [0.2, 0.25) is 0 Å². The summed E-state index contributed by atoms with van der Waals surface area (Å²) in [5, 5.41) is 0. The van der Waals surface area contributed by atoms with Crippen LogP contribution in [0.3, 0.4) is 0 Å². The van der Waals surface area contributed by atoms with E-state index in [0.29, 0.717) is 5.41 Å². The lowest BCUT2D eigenvalue weighted by atomic mass is 9.69. The summed E-state index contributed by atoms with van der Waals surface area (Å²) in [5.74, 6) is 0. The highest BCUT2D eigenvalue weighted by Crippen LogP contribution is 2.45. The predicted octanol–water partition coefficient (Wildman–Crippen LogP) is 4.55. The zero-order valence-corrected chi connectivity index (χ0v) is 11.4. The highest BCUT2D eigenvalue weighted by atomic mass is 16.5. The molecule has 0 spiro atoms. The Hall–Kier alpha value is -0.0400. The van der Waals surface area contributed by atoms with Gasteiger partial charge in [0.1, 0.15) is 0 Å². The van der Waals surface area contributed by atoms with Gasteiger partial charge in [-0.25, -0.2) is 0 Å². The van der Waals surface area contributed by atoms with Gasteiger partial charge in [-0.1, -0.05) is 33.6 Å². The molecular formula is C14H28O. The van der Waals surface area contributed by atoms with Crippen LogP contribution < -0.4 is 0 Å². The number of hydrogen-bond donors (Lipinski definition) is 0. The fourth-order valence-electron chi connectivity index (χ4n) is 2.73. The van der Waals surface area contributed by atoms with Crippen molar-refractivity contribution in [3.8, 4) is 0 Å². The van der Waals surface area contributed by atoms with Crippen LogP contribution in [0.2, 0.25) is 0 Å². The second kappa shape index (κ2) is 4.08. The fourth-order valence-corrected chi connectivity index (χ4v) is 2.73. The van der Waals surface area contributed by atoms with E-state index in [1.54, 1.807) is 0 Å². The maximum atomic E-state index is 6.43. The molecule has 0 amide bonds. The van der Waals surface area contributed by atoms with E-state index >= 15 is 0 Å². The molecule has 1 rings (SSSR count). The third-order valence-corrected chi connectivity index (χ3v) is 4.44. The van der Waals surface area contributed by atoms with Crippen molar-refractivity contribution in [2.45, 2.75) is 84.8 Å². The molecular weight excluding hydrogens is 184 g/mol. The van der Waals surface area contributed by atoms with E-state index in [1.165, 1.54) is 25.7 Å². The Morgan fingerprint density at radius 2 is 1.47 bits per heavy atom. The summed E-state index contributed by atoms with van der Waals surface area (Å²) in [6.45, 7) is 13.7. The molecule has 1 heterocycles. The lowest BCUT2D eigenvalue weighted by Gasteiger charge is -2.50. The first-order chi connectivity index (χ1) is 6.72. The first-order valence-corrected chi connectivity index (χ1v) is 6.43. The highest BCUT2D eigenvalue weighted by molar-refractivity contribution is 4.94. The van der Waals surface area contributed by atoms with Gasteiger partial charge in [-0.3, -0.25) is 0 Å². The van der Waals surface area contributed by atoms with Crippen molar-refractivity contribution in [2.75, 3.05) is 0 Å². The van der Waals surface area contributed by atoms with Crippen molar-refractivity contribution in [3.05, 3.63) is 0 Å². The van der Waals surface area contributed by atoms with Crippen molar-refractivity contribution in [3.63, 3.8) is 0 Å². The van der Waals surface area contributed by atoms with Crippen LogP contribution >= 0.6 is 0 Å². The molecule has 0 saturated carbocycles. The van der Waals surface area contributed by atoms with Crippen molar-refractivity contribution >= 4 is 0 Å². The van der Waals surface area contributed by atoms with Crippen LogP contribution in [-0.2, 0) is 4.74 Å². The van der Waals surface area contributed by atoms with Crippen LogP contribution in [0, 0.1) is 5.41 Å². The van der Waals surface area contributed by atoms with Gasteiger partial charge in [-0.05, 0) is 45.4 Å². The second-order valence-corrected chi connectivity index (χ2v) is 6.54. The maximum absolute atomic E-state index is 6.43. The van der Waals surface area contributed by atoms with Gasteiger partial charge in [0.15, 0.2) is 0 Å². The quantitative estimate of drug-likeness (QED) is 0.619. The first kappa shape index (κ1) is 13.0. The van der Waals surface area contributed by atoms with Crippen LogP contribution in [-0.4, -0.2) is 11.2 Å². The molecule has 1 aliphatic rings. The normalized spacial score (nSPS) is 35.6. The second-order valence-electron chi connectivity index (χ2n) is 6.54. The van der Waals surface area contributed by atoms with Crippen LogP contribution in [0.25, 0.3) is 0 Å². The molecule has 1 nitrogen and oxygen atoms in total. The molecule has 1 saturated heterocycles. The molecule has 1 unspecified atom stereocenters. The Bertz CT molecular complexity index is 217. The van der Waals surface area contributed by atoms with E-state index < -0.39 is 0 Å². The summed E-state index contributed by atoms with van der Waals surface area (Å²) in [4.78, 5) is 0. The van der Waals surface area contributed by atoms with E-state index in [2.05, 4.69) is 41.5 Å². The van der Waals surface area contributed by atoms with Crippen molar-refractivity contribution in [1.82, 2.24) is 0 Å². The van der Waals surface area contributed by atoms with E-state index in [4.69, 9.17) is 4.74 Å². The van der Waals surface area contributed by atoms with E-state index in [9.17, 15) is 0 Å². The van der Waals surface area contributed by atoms with Gasteiger partial charge >= 0.3 is 0 Å². The summed E-state index contributed by atoms with van der Waals surface area (Å²) < 4.78 is 6.43. The molecule has 0 aliphatic carbocycles. The lowest BCUT2D eigenvalue weighted by molar-refractivity contribution is -0.197. The molecule has 0 aromatic rings. The highest BCUT2D eigenvalue weighted by Gasteiger charge is 2.44. The van der Waals surface area contributed by atoms with Gasteiger partial charge in [-0.2, -0.15) is 0 Å². The molecule has 0 aromatic heterocycles. The van der Waals surface area contributed by atoms with E-state index in [1.807, 2.05) is 0 Å². The average Bonchev–Trinajstić information content (AvgIpc) is 2.10. The minimum absolute atomic E-state index is 0.0247. The molecule has 15 heavy (non-hydrogen) atoms. The summed E-state index contributed by atoms with van der Waals surface area (Å²) >= 11 is 0. The molecule has 0 N–H and O–H groups in total.